The number of hydrogen-bond acceptors (Lipinski definition) is 1. The van der Waals surface area contributed by atoms with E-state index in [0.717, 1.165) is 13.1 Å². The molecular weight excluding hydrogens is 246 g/mol. The molecule has 3 rings (SSSR count). The maximum Gasteiger partial charge on any atom is 0.213 e. The zero-order valence-corrected chi connectivity index (χ0v) is 12.8. The molecule has 1 aliphatic rings. The first-order valence-corrected chi connectivity index (χ1v) is 7.65. The monoisotopic (exact) mass is 271 g/mol. The fourth-order valence-corrected chi connectivity index (χ4v) is 3.10. The molecule has 0 spiro atoms. The molecule has 2 aromatic rings. The molecule has 0 saturated heterocycles. The fraction of sp³-hybridized carbons (Fsp3) is 0.471. The van der Waals surface area contributed by atoms with Gasteiger partial charge < -0.3 is 10.2 Å². The molecule has 1 aromatic carbocycles. The summed E-state index contributed by atoms with van der Waals surface area (Å²) in [5.41, 5.74) is 6.90. The highest BCUT2D eigenvalue weighted by Crippen LogP contribution is 2.32. The second-order valence-corrected chi connectivity index (χ2v) is 6.24. The third-order valence-electron chi connectivity index (χ3n) is 4.18. The van der Waals surface area contributed by atoms with Crippen LogP contribution in [0.15, 0.2) is 18.2 Å². The van der Waals surface area contributed by atoms with Crippen LogP contribution in [0.25, 0.3) is 10.9 Å². The van der Waals surface area contributed by atoms with Gasteiger partial charge in [-0.05, 0) is 31.4 Å². The van der Waals surface area contributed by atoms with Crippen LogP contribution in [0.1, 0.15) is 23.2 Å². The zero-order chi connectivity index (χ0) is 14.1. The van der Waals surface area contributed by atoms with E-state index in [1.165, 1.54) is 57.6 Å². The summed E-state index contributed by atoms with van der Waals surface area (Å²) >= 11 is 0. The summed E-state index contributed by atoms with van der Waals surface area (Å²) in [5.74, 6) is 0. The minimum Gasteiger partial charge on any atom is -0.378 e. The van der Waals surface area contributed by atoms with Gasteiger partial charge in [-0.15, -0.1) is 0 Å². The summed E-state index contributed by atoms with van der Waals surface area (Å²) in [6.07, 6.45) is 3.66. The van der Waals surface area contributed by atoms with Gasteiger partial charge in [-0.25, -0.2) is 4.98 Å². The molecule has 0 saturated carbocycles. The average molecular weight is 271 g/mol. The van der Waals surface area contributed by atoms with Crippen molar-refractivity contribution in [1.82, 2.24) is 0 Å². The van der Waals surface area contributed by atoms with E-state index in [9.17, 15) is 0 Å². The highest BCUT2D eigenvalue weighted by Gasteiger charge is 2.24. The number of anilines is 1. The van der Waals surface area contributed by atoms with Crippen LogP contribution in [0.3, 0.4) is 0 Å². The standard InChI is InChI=1S/C17H23N3/c1-12-7-8-16-14(11-12)17(18-9-10-20(2)3)13-5-4-6-15(13)19-16/h7-8,11H,4-6,9-10H2,1-3H3,(H,18,19)/p+2. The summed E-state index contributed by atoms with van der Waals surface area (Å²) in [7, 11) is 4.40. The topological polar surface area (TPSA) is 30.6 Å². The van der Waals surface area contributed by atoms with Crippen molar-refractivity contribution in [2.45, 2.75) is 26.2 Å². The summed E-state index contributed by atoms with van der Waals surface area (Å²) < 4.78 is 0. The predicted molar refractivity (Wildman–Crippen MR) is 83.4 cm³/mol. The van der Waals surface area contributed by atoms with Crippen LogP contribution in [0.2, 0.25) is 0 Å². The van der Waals surface area contributed by atoms with Crippen molar-refractivity contribution < 1.29 is 9.88 Å². The van der Waals surface area contributed by atoms with Crippen molar-refractivity contribution in [2.24, 2.45) is 0 Å². The van der Waals surface area contributed by atoms with E-state index in [0.29, 0.717) is 0 Å². The number of quaternary nitrogens is 1. The number of H-pyrrole nitrogens is 1. The van der Waals surface area contributed by atoms with Gasteiger partial charge in [0.25, 0.3) is 0 Å². The number of aromatic amines is 1. The minimum atomic E-state index is 1.03. The van der Waals surface area contributed by atoms with Crippen LogP contribution in [0, 0.1) is 6.92 Å². The van der Waals surface area contributed by atoms with Gasteiger partial charge in [-0.1, -0.05) is 6.07 Å². The first-order valence-electron chi connectivity index (χ1n) is 7.65. The van der Waals surface area contributed by atoms with Crippen LogP contribution in [0.4, 0.5) is 5.69 Å². The second-order valence-electron chi connectivity index (χ2n) is 6.24. The van der Waals surface area contributed by atoms with E-state index in [1.54, 1.807) is 0 Å². The van der Waals surface area contributed by atoms with Crippen molar-refractivity contribution >= 4 is 16.6 Å². The number of likely N-dealkylation sites (N-methyl/N-ethyl adjacent to an activating group) is 1. The number of benzene rings is 1. The molecule has 3 nitrogen and oxygen atoms in total. The molecule has 1 heterocycles. The van der Waals surface area contributed by atoms with Gasteiger partial charge in [-0.3, -0.25) is 0 Å². The first-order chi connectivity index (χ1) is 9.65. The Morgan fingerprint density at radius 1 is 1.25 bits per heavy atom. The lowest BCUT2D eigenvalue weighted by atomic mass is 10.0. The van der Waals surface area contributed by atoms with Crippen LogP contribution in [0.5, 0.6) is 0 Å². The Labute approximate surface area is 121 Å². The van der Waals surface area contributed by atoms with Crippen molar-refractivity contribution in [1.29, 1.82) is 0 Å². The number of aromatic nitrogens is 1. The molecule has 0 aliphatic heterocycles. The molecule has 0 radical (unpaired) electrons. The number of rotatable bonds is 4. The normalized spacial score (nSPS) is 14.0. The first kappa shape index (κ1) is 13.4. The molecule has 1 aliphatic carbocycles. The largest absolute Gasteiger partial charge is 0.378 e. The van der Waals surface area contributed by atoms with Gasteiger partial charge in [0.2, 0.25) is 5.52 Å². The van der Waals surface area contributed by atoms with E-state index in [4.69, 9.17) is 0 Å². The molecule has 106 valence electrons. The van der Waals surface area contributed by atoms with Gasteiger partial charge in [0, 0.05) is 18.1 Å². The van der Waals surface area contributed by atoms with Crippen LogP contribution < -0.4 is 15.2 Å². The number of pyridine rings is 1. The lowest BCUT2D eigenvalue weighted by Crippen LogP contribution is -3.06. The molecule has 0 atom stereocenters. The van der Waals surface area contributed by atoms with Crippen molar-refractivity contribution in [3.8, 4) is 0 Å². The van der Waals surface area contributed by atoms with Gasteiger partial charge in [-0.2, -0.15) is 0 Å². The van der Waals surface area contributed by atoms with Gasteiger partial charge >= 0.3 is 0 Å². The highest BCUT2D eigenvalue weighted by molar-refractivity contribution is 5.91. The smallest absolute Gasteiger partial charge is 0.213 e. The maximum absolute atomic E-state index is 3.71. The summed E-state index contributed by atoms with van der Waals surface area (Å²) in [5, 5.41) is 5.05. The van der Waals surface area contributed by atoms with E-state index < -0.39 is 0 Å². The Bertz CT molecular complexity index is 632. The molecule has 0 amide bonds. The molecule has 0 fully saturated rings. The molecule has 3 N–H and O–H groups in total. The van der Waals surface area contributed by atoms with Crippen molar-refractivity contribution in [3.05, 3.63) is 35.0 Å². The quantitative estimate of drug-likeness (QED) is 0.854. The third-order valence-corrected chi connectivity index (χ3v) is 4.18. The molecule has 0 unspecified atom stereocenters. The average Bonchev–Trinajstić information content (AvgIpc) is 2.86. The number of nitrogens with one attached hydrogen (secondary N) is 3. The Morgan fingerprint density at radius 3 is 2.90 bits per heavy atom. The van der Waals surface area contributed by atoms with E-state index >= 15 is 0 Å². The second kappa shape index (κ2) is 5.41. The molecule has 20 heavy (non-hydrogen) atoms. The third kappa shape index (κ3) is 2.50. The van der Waals surface area contributed by atoms with Crippen molar-refractivity contribution in [3.63, 3.8) is 0 Å². The minimum absolute atomic E-state index is 1.03. The van der Waals surface area contributed by atoms with E-state index in [-0.39, 0.29) is 0 Å². The van der Waals surface area contributed by atoms with E-state index in [2.05, 4.69) is 49.5 Å². The van der Waals surface area contributed by atoms with Crippen LogP contribution in [-0.4, -0.2) is 27.2 Å². The number of hydrogen-bond donors (Lipinski definition) is 2. The van der Waals surface area contributed by atoms with Crippen LogP contribution >= 0.6 is 0 Å². The predicted octanol–water partition coefficient (Wildman–Crippen LogP) is 1.01. The van der Waals surface area contributed by atoms with Gasteiger partial charge in [0.05, 0.1) is 38.3 Å². The van der Waals surface area contributed by atoms with Crippen LogP contribution in [-0.2, 0) is 12.8 Å². The lowest BCUT2D eigenvalue weighted by Gasteiger charge is -2.13. The van der Waals surface area contributed by atoms with E-state index in [1.807, 2.05) is 0 Å². The van der Waals surface area contributed by atoms with Gasteiger partial charge in [0.1, 0.15) is 0 Å². The number of aryl methyl sites for hydroxylation is 2. The Hall–Kier alpha value is -1.61. The van der Waals surface area contributed by atoms with Gasteiger partial charge in [0.15, 0.2) is 5.69 Å². The zero-order valence-electron chi connectivity index (χ0n) is 12.8. The molecule has 0 bridgehead atoms. The molecule has 1 aromatic heterocycles. The number of fused-ring (bicyclic) bond motifs is 2. The summed E-state index contributed by atoms with van der Waals surface area (Å²) in [6, 6.07) is 6.70. The Morgan fingerprint density at radius 2 is 2.10 bits per heavy atom. The lowest BCUT2D eigenvalue weighted by molar-refractivity contribution is -0.856. The Kier molecular flexibility index (Phi) is 3.62. The highest BCUT2D eigenvalue weighted by atomic mass is 15.1. The molecule has 3 heteroatoms. The SMILES string of the molecule is Cc1ccc2[nH+]c3c(c(NCC[NH+](C)C)c2c1)CCC3. The maximum atomic E-state index is 3.71. The Balaban J connectivity index is 2.04. The van der Waals surface area contributed by atoms with Crippen molar-refractivity contribution in [2.75, 3.05) is 32.5 Å². The summed E-state index contributed by atoms with van der Waals surface area (Å²) in [4.78, 5) is 5.11. The summed E-state index contributed by atoms with van der Waals surface area (Å²) in [6.45, 7) is 4.34. The fourth-order valence-electron chi connectivity index (χ4n) is 3.10. The molecular formula is C17H25N3+2.